The Balaban J connectivity index is 1.35. The fraction of sp³-hybridized carbons (Fsp3) is 0.577. The number of hydrogen-bond donors (Lipinski definition) is 2. The minimum atomic E-state index is 0.0424. The van der Waals surface area contributed by atoms with Gasteiger partial charge in [0.15, 0.2) is 0 Å². The molecule has 2 saturated heterocycles. The average molecular weight is 481 g/mol. The molecule has 2 aliphatic carbocycles. The van der Waals surface area contributed by atoms with Crippen molar-refractivity contribution in [1.82, 2.24) is 30.5 Å². The lowest BCUT2D eigenvalue weighted by molar-refractivity contribution is -0.149. The molecular weight excluding hydrogens is 448 g/mol. The number of nitrogens with one attached hydrogen (secondary N) is 2. The number of amides is 1. The summed E-state index contributed by atoms with van der Waals surface area (Å²) >= 11 is 7.07. The topological polar surface area (TPSA) is 75.1 Å². The maximum absolute atomic E-state index is 11.9. The largest absolute Gasteiger partial charge is 0.338 e. The van der Waals surface area contributed by atoms with Crippen LogP contribution in [-0.2, 0) is 4.79 Å². The van der Waals surface area contributed by atoms with Crippen molar-refractivity contribution in [2.75, 3.05) is 19.6 Å². The minimum Gasteiger partial charge on any atom is -0.338 e. The van der Waals surface area contributed by atoms with Crippen LogP contribution in [0.2, 0.25) is 0 Å². The van der Waals surface area contributed by atoms with E-state index in [1.54, 1.807) is 0 Å². The molecule has 4 atom stereocenters. The highest BCUT2D eigenvalue weighted by molar-refractivity contribution is 6.21. The Morgan fingerprint density at radius 3 is 2.82 bits per heavy atom. The molecule has 0 bridgehead atoms. The molecule has 34 heavy (non-hydrogen) atoms. The number of nitrogens with zero attached hydrogens (tertiary/aromatic N) is 4. The van der Waals surface area contributed by atoms with E-state index in [4.69, 9.17) is 16.7 Å². The Labute approximate surface area is 205 Å². The van der Waals surface area contributed by atoms with E-state index >= 15 is 0 Å². The van der Waals surface area contributed by atoms with Crippen LogP contribution >= 0.6 is 11.6 Å². The number of hydrazine groups is 1. The van der Waals surface area contributed by atoms with Gasteiger partial charge in [0.1, 0.15) is 0 Å². The number of aromatic nitrogens is 3. The smallest absolute Gasteiger partial charge is 0.245 e. The van der Waals surface area contributed by atoms with E-state index in [0.717, 1.165) is 62.3 Å². The zero-order valence-electron chi connectivity index (χ0n) is 19.9. The van der Waals surface area contributed by atoms with Crippen LogP contribution in [0.15, 0.2) is 31.0 Å². The van der Waals surface area contributed by atoms with E-state index in [9.17, 15) is 4.79 Å². The first-order valence-corrected chi connectivity index (χ1v) is 12.9. The van der Waals surface area contributed by atoms with Gasteiger partial charge in [-0.25, -0.2) is 0 Å². The first-order valence-electron chi connectivity index (χ1n) is 12.4. The van der Waals surface area contributed by atoms with Crippen LogP contribution in [0, 0.1) is 25.2 Å². The first-order chi connectivity index (χ1) is 16.4. The van der Waals surface area contributed by atoms with Gasteiger partial charge in [-0.2, -0.15) is 5.10 Å². The first kappa shape index (κ1) is 22.3. The summed E-state index contributed by atoms with van der Waals surface area (Å²) < 4.78 is 2.27. The van der Waals surface area contributed by atoms with E-state index in [1.165, 1.54) is 17.3 Å². The molecule has 7 nitrogen and oxygen atoms in total. The summed E-state index contributed by atoms with van der Waals surface area (Å²) in [6.45, 7) is 10.5. The zero-order valence-corrected chi connectivity index (χ0v) is 20.7. The number of likely N-dealkylation sites (tertiary alicyclic amines) is 1. The number of pyridine rings is 1. The number of halogens is 1. The van der Waals surface area contributed by atoms with Crippen molar-refractivity contribution in [2.24, 2.45) is 11.3 Å². The van der Waals surface area contributed by atoms with Crippen LogP contribution in [0.5, 0.6) is 0 Å². The monoisotopic (exact) mass is 480 g/mol. The van der Waals surface area contributed by atoms with Crippen molar-refractivity contribution in [3.63, 3.8) is 0 Å². The summed E-state index contributed by atoms with van der Waals surface area (Å²) in [5.74, 6) is 0.742. The molecule has 0 aromatic carbocycles. The maximum atomic E-state index is 11.9. The molecule has 4 heterocycles. The highest BCUT2D eigenvalue weighted by Gasteiger charge is 2.55. The van der Waals surface area contributed by atoms with Gasteiger partial charge in [0.2, 0.25) is 5.91 Å². The Hall–Kier alpha value is -2.22. The third-order valence-corrected chi connectivity index (χ3v) is 9.16. The highest BCUT2D eigenvalue weighted by Crippen LogP contribution is 2.55. The molecule has 2 saturated carbocycles. The van der Waals surface area contributed by atoms with Gasteiger partial charge in [0.25, 0.3) is 0 Å². The predicted octanol–water partition coefficient (Wildman–Crippen LogP) is 3.49. The highest BCUT2D eigenvalue weighted by atomic mass is 35.5. The van der Waals surface area contributed by atoms with Crippen LogP contribution in [0.25, 0.3) is 11.3 Å². The molecule has 0 radical (unpaired) electrons. The summed E-state index contributed by atoms with van der Waals surface area (Å²) in [7, 11) is 0. The van der Waals surface area contributed by atoms with Crippen LogP contribution in [0.1, 0.15) is 54.6 Å². The van der Waals surface area contributed by atoms with Gasteiger partial charge >= 0.3 is 0 Å². The third-order valence-electron chi connectivity index (χ3n) is 8.67. The molecular formula is C26H33ClN6O. The molecule has 8 heteroatoms. The third kappa shape index (κ3) is 3.43. The van der Waals surface area contributed by atoms with E-state index in [-0.39, 0.29) is 22.6 Å². The maximum Gasteiger partial charge on any atom is 0.245 e. The van der Waals surface area contributed by atoms with Crippen LogP contribution in [-0.4, -0.2) is 56.6 Å². The van der Waals surface area contributed by atoms with Gasteiger partial charge in [-0.05, 0) is 63.7 Å². The normalized spacial score (nSPS) is 30.0. The summed E-state index contributed by atoms with van der Waals surface area (Å²) in [4.78, 5) is 18.2. The van der Waals surface area contributed by atoms with Crippen LogP contribution < -0.4 is 10.9 Å². The Kier molecular flexibility index (Phi) is 5.35. The SMILES string of the molecule is C=CC(=O)N1CC2(CC(n3nc(-c4ccnc(C)c4)c(C4C(Cl)CCC5NNCC54)c3C)C2)C1. The van der Waals surface area contributed by atoms with Gasteiger partial charge in [-0.1, -0.05) is 6.58 Å². The average Bonchev–Trinajstić information content (AvgIpc) is 3.37. The van der Waals surface area contributed by atoms with Gasteiger partial charge < -0.3 is 4.90 Å². The number of carbonyl (C=O) groups is 1. The lowest BCUT2D eigenvalue weighted by atomic mass is 9.60. The van der Waals surface area contributed by atoms with E-state index in [2.05, 4.69) is 46.2 Å². The van der Waals surface area contributed by atoms with Crippen molar-refractivity contribution >= 4 is 17.5 Å². The molecule has 1 amide bonds. The Morgan fingerprint density at radius 2 is 2.09 bits per heavy atom. The number of carbonyl (C=O) groups excluding carboxylic acids is 1. The second-order valence-corrected chi connectivity index (χ2v) is 11.4. The summed E-state index contributed by atoms with van der Waals surface area (Å²) in [5.41, 5.74) is 12.8. The molecule has 2 aliphatic heterocycles. The molecule has 2 N–H and O–H groups in total. The molecule has 2 aromatic heterocycles. The fourth-order valence-electron chi connectivity index (χ4n) is 7.01. The molecule has 180 valence electrons. The van der Waals surface area contributed by atoms with Crippen molar-refractivity contribution < 1.29 is 4.79 Å². The van der Waals surface area contributed by atoms with Gasteiger partial charge in [-0.15, -0.1) is 11.6 Å². The number of hydrogen-bond acceptors (Lipinski definition) is 5. The number of alkyl halides is 1. The summed E-state index contributed by atoms with van der Waals surface area (Å²) in [5, 5.41) is 5.35. The Morgan fingerprint density at radius 1 is 1.29 bits per heavy atom. The van der Waals surface area contributed by atoms with Crippen molar-refractivity contribution in [3.8, 4) is 11.3 Å². The number of rotatable bonds is 4. The lowest BCUT2D eigenvalue weighted by Crippen LogP contribution is -2.63. The lowest BCUT2D eigenvalue weighted by Gasteiger charge is -2.58. The number of fused-ring (bicyclic) bond motifs is 1. The predicted molar refractivity (Wildman–Crippen MR) is 132 cm³/mol. The van der Waals surface area contributed by atoms with Crippen molar-refractivity contribution in [2.45, 2.75) is 62.9 Å². The molecule has 2 aromatic rings. The van der Waals surface area contributed by atoms with Gasteiger partial charge in [0.05, 0.1) is 11.7 Å². The minimum absolute atomic E-state index is 0.0424. The summed E-state index contributed by atoms with van der Waals surface area (Å²) in [6, 6.07) is 5.02. The fourth-order valence-corrected chi connectivity index (χ4v) is 7.45. The Bertz CT molecular complexity index is 1130. The number of aryl methyl sites for hydroxylation is 1. The second-order valence-electron chi connectivity index (χ2n) is 10.9. The molecule has 1 spiro atoms. The van der Waals surface area contributed by atoms with Crippen molar-refractivity contribution in [3.05, 3.63) is 47.9 Å². The van der Waals surface area contributed by atoms with Gasteiger partial charge in [-0.3, -0.25) is 25.3 Å². The molecule has 4 unspecified atom stereocenters. The van der Waals surface area contributed by atoms with E-state index in [0.29, 0.717) is 18.0 Å². The van der Waals surface area contributed by atoms with E-state index < -0.39 is 0 Å². The standard InChI is InChI=1S/C26H33ClN6O/c1-4-22(34)32-13-26(14-32)10-18(11-26)33-16(3)23(25(31-33)17-7-8-28-15(2)9-17)24-19-12-29-30-21(19)6-5-20(24)27/h4,7-9,18-21,24,29-30H,1,5-6,10-14H2,2-3H3. The molecule has 4 aliphatic rings. The molecule has 6 rings (SSSR count). The van der Waals surface area contributed by atoms with Crippen molar-refractivity contribution in [1.29, 1.82) is 0 Å². The van der Waals surface area contributed by atoms with Crippen LogP contribution in [0.3, 0.4) is 0 Å². The van der Waals surface area contributed by atoms with Crippen LogP contribution in [0.4, 0.5) is 0 Å². The quantitative estimate of drug-likeness (QED) is 0.517. The van der Waals surface area contributed by atoms with E-state index in [1.807, 2.05) is 18.0 Å². The molecule has 4 fully saturated rings. The second kappa shape index (κ2) is 8.18. The zero-order chi connectivity index (χ0) is 23.6. The summed E-state index contributed by atoms with van der Waals surface area (Å²) in [6.07, 6.45) is 7.53. The van der Waals surface area contributed by atoms with Gasteiger partial charge in [0, 0.05) is 71.1 Å².